The number of fused-ring (bicyclic) bond motifs is 5. The molecule has 0 unspecified atom stereocenters. The van der Waals surface area contributed by atoms with E-state index in [9.17, 15) is 14.9 Å². The van der Waals surface area contributed by atoms with Crippen molar-refractivity contribution in [1.29, 1.82) is 5.26 Å². The molecule has 1 aromatic carbocycles. The summed E-state index contributed by atoms with van der Waals surface area (Å²) in [7, 11) is 1.74. The van der Waals surface area contributed by atoms with Crippen LogP contribution in [0.4, 0.5) is 5.69 Å². The number of anilines is 1. The number of piperidine rings is 1. The van der Waals surface area contributed by atoms with E-state index in [0.29, 0.717) is 5.56 Å². The molecule has 0 N–H and O–H groups in total. The second kappa shape index (κ2) is 6.41. The van der Waals surface area contributed by atoms with Gasteiger partial charge < -0.3 is 14.2 Å². The minimum absolute atomic E-state index is 0.107. The Balaban J connectivity index is 2.03. The monoisotopic (exact) mass is 365 g/mol. The predicted octanol–water partition coefficient (Wildman–Crippen LogP) is 2.53. The average Bonchev–Trinajstić information content (AvgIpc) is 2.71. The molecule has 1 fully saturated rings. The molecule has 0 amide bonds. The predicted molar refractivity (Wildman–Crippen MR) is 103 cm³/mol. The van der Waals surface area contributed by atoms with Gasteiger partial charge in [-0.25, -0.2) is 0 Å². The Morgan fingerprint density at radius 1 is 1.37 bits per heavy atom. The summed E-state index contributed by atoms with van der Waals surface area (Å²) in [4.78, 5) is 28.2. The van der Waals surface area contributed by atoms with E-state index in [1.54, 1.807) is 18.5 Å². The first-order valence-corrected chi connectivity index (χ1v) is 9.51. The van der Waals surface area contributed by atoms with Crippen molar-refractivity contribution in [3.05, 3.63) is 40.2 Å². The lowest BCUT2D eigenvalue weighted by Gasteiger charge is -2.49. The van der Waals surface area contributed by atoms with Gasteiger partial charge in [0.15, 0.2) is 5.41 Å². The molecule has 0 bridgehead atoms. The summed E-state index contributed by atoms with van der Waals surface area (Å²) in [5.41, 5.74) is 0.832. The highest BCUT2D eigenvalue weighted by molar-refractivity contribution is 5.96. The van der Waals surface area contributed by atoms with Crippen LogP contribution in [0.1, 0.15) is 31.7 Å². The zero-order chi connectivity index (χ0) is 19.2. The Morgan fingerprint density at radius 2 is 2.15 bits per heavy atom. The van der Waals surface area contributed by atoms with Crippen LogP contribution in [0, 0.1) is 16.7 Å². The van der Waals surface area contributed by atoms with Gasteiger partial charge in [-0.2, -0.15) is 5.26 Å². The van der Waals surface area contributed by atoms with Crippen LogP contribution in [0.25, 0.3) is 10.9 Å². The maximum atomic E-state index is 13.2. The van der Waals surface area contributed by atoms with Crippen LogP contribution in [0.15, 0.2) is 29.1 Å². The summed E-state index contributed by atoms with van der Waals surface area (Å²) in [5.74, 6) is -0.509. The molecule has 2 aromatic rings. The Labute approximate surface area is 157 Å². The number of carbonyl (C=O) groups is 1. The van der Waals surface area contributed by atoms with E-state index < -0.39 is 11.4 Å². The maximum absolute atomic E-state index is 13.2. The number of esters is 1. The topological polar surface area (TPSA) is 75.3 Å². The Bertz CT molecular complexity index is 1020. The van der Waals surface area contributed by atoms with E-state index in [-0.39, 0.29) is 24.6 Å². The second-order valence-electron chi connectivity index (χ2n) is 7.39. The number of para-hydroxylation sites is 1. The highest BCUT2D eigenvalue weighted by Crippen LogP contribution is 2.47. The van der Waals surface area contributed by atoms with E-state index in [0.717, 1.165) is 42.4 Å². The number of nitriles is 1. The molecule has 140 valence electrons. The van der Waals surface area contributed by atoms with E-state index in [4.69, 9.17) is 4.74 Å². The molecule has 1 saturated heterocycles. The van der Waals surface area contributed by atoms with E-state index in [1.165, 1.54) is 0 Å². The van der Waals surface area contributed by atoms with Gasteiger partial charge in [0.1, 0.15) is 0 Å². The number of ether oxygens (including phenoxy) is 1. The number of pyridine rings is 1. The number of benzene rings is 1. The molecule has 0 spiro atoms. The standard InChI is InChI=1S/C21H23N3O3/c1-3-27-20(26)21(13-22)12-15-18(24-11-7-6-10-17(21)24)14-8-4-5-9-16(14)23(2)19(15)25/h4-5,8-9,17H,3,6-7,10-12H2,1-2H3/t17-,21-/m0/s1. The lowest BCUT2D eigenvalue weighted by molar-refractivity contribution is -0.153. The molecular weight excluding hydrogens is 342 g/mol. The number of aryl methyl sites for hydroxylation is 1. The van der Waals surface area contributed by atoms with Gasteiger partial charge in [-0.05, 0) is 32.3 Å². The van der Waals surface area contributed by atoms with Gasteiger partial charge in [0, 0.05) is 31.0 Å². The first-order chi connectivity index (χ1) is 13.0. The molecule has 0 saturated carbocycles. The first kappa shape index (κ1) is 17.6. The van der Waals surface area contributed by atoms with Crippen molar-refractivity contribution in [2.24, 2.45) is 12.5 Å². The molecule has 27 heavy (non-hydrogen) atoms. The van der Waals surface area contributed by atoms with Crippen molar-refractivity contribution in [3.63, 3.8) is 0 Å². The summed E-state index contributed by atoms with van der Waals surface area (Å²) in [6.07, 6.45) is 2.79. The first-order valence-electron chi connectivity index (χ1n) is 9.51. The second-order valence-corrected chi connectivity index (χ2v) is 7.39. The van der Waals surface area contributed by atoms with Crippen LogP contribution in [0.3, 0.4) is 0 Å². The van der Waals surface area contributed by atoms with Gasteiger partial charge in [0.25, 0.3) is 5.56 Å². The van der Waals surface area contributed by atoms with Crippen molar-refractivity contribution in [1.82, 2.24) is 4.57 Å². The van der Waals surface area contributed by atoms with Crippen LogP contribution in [-0.2, 0) is 23.0 Å². The Kier molecular flexibility index (Phi) is 4.18. The fourth-order valence-corrected chi connectivity index (χ4v) is 4.77. The van der Waals surface area contributed by atoms with Crippen LogP contribution >= 0.6 is 0 Å². The number of hydrogen-bond donors (Lipinski definition) is 0. The van der Waals surface area contributed by atoms with Crippen LogP contribution in [0.2, 0.25) is 0 Å². The van der Waals surface area contributed by atoms with Crippen molar-refractivity contribution < 1.29 is 9.53 Å². The molecule has 3 heterocycles. The van der Waals surface area contributed by atoms with Crippen molar-refractivity contribution in [3.8, 4) is 6.07 Å². The van der Waals surface area contributed by atoms with E-state index in [2.05, 4.69) is 11.0 Å². The van der Waals surface area contributed by atoms with Crippen molar-refractivity contribution >= 4 is 22.6 Å². The quantitative estimate of drug-likeness (QED) is 0.765. The Hall–Kier alpha value is -2.81. The molecule has 0 radical (unpaired) electrons. The molecule has 2 aliphatic rings. The number of carbonyl (C=O) groups excluding carboxylic acids is 1. The summed E-state index contributed by atoms with van der Waals surface area (Å²) in [6.45, 7) is 2.69. The molecule has 1 aromatic heterocycles. The third kappa shape index (κ3) is 2.38. The normalized spacial score (nSPS) is 24.0. The van der Waals surface area contributed by atoms with Crippen LogP contribution < -0.4 is 10.5 Å². The van der Waals surface area contributed by atoms with Gasteiger partial charge in [0.2, 0.25) is 0 Å². The summed E-state index contributed by atoms with van der Waals surface area (Å²) in [6, 6.07) is 9.84. The van der Waals surface area contributed by atoms with Crippen LogP contribution in [0.5, 0.6) is 0 Å². The summed E-state index contributed by atoms with van der Waals surface area (Å²) < 4.78 is 6.92. The fraction of sp³-hybridized carbons (Fsp3) is 0.476. The Morgan fingerprint density at radius 3 is 2.89 bits per heavy atom. The lowest BCUT2D eigenvalue weighted by Crippen LogP contribution is -2.59. The summed E-state index contributed by atoms with van der Waals surface area (Å²) >= 11 is 0. The van der Waals surface area contributed by atoms with Gasteiger partial charge >= 0.3 is 5.97 Å². The number of hydrogen-bond acceptors (Lipinski definition) is 5. The van der Waals surface area contributed by atoms with Gasteiger partial charge in [-0.1, -0.05) is 18.2 Å². The zero-order valence-electron chi connectivity index (χ0n) is 15.7. The maximum Gasteiger partial charge on any atom is 0.328 e. The van der Waals surface area contributed by atoms with E-state index >= 15 is 0 Å². The van der Waals surface area contributed by atoms with Gasteiger partial charge in [-0.3, -0.25) is 9.59 Å². The largest absolute Gasteiger partial charge is 0.465 e. The minimum Gasteiger partial charge on any atom is -0.465 e. The number of aromatic nitrogens is 1. The third-order valence-electron chi connectivity index (χ3n) is 6.02. The average molecular weight is 365 g/mol. The third-order valence-corrected chi connectivity index (χ3v) is 6.02. The molecule has 6 nitrogen and oxygen atoms in total. The number of nitrogens with zero attached hydrogens (tertiary/aromatic N) is 3. The van der Waals surface area contributed by atoms with Crippen molar-refractivity contribution in [2.45, 2.75) is 38.6 Å². The molecule has 4 rings (SSSR count). The van der Waals surface area contributed by atoms with Crippen molar-refractivity contribution in [2.75, 3.05) is 18.1 Å². The van der Waals surface area contributed by atoms with Gasteiger partial charge in [0.05, 0.1) is 29.9 Å². The van der Waals surface area contributed by atoms with E-state index in [1.807, 2.05) is 24.3 Å². The van der Waals surface area contributed by atoms with Crippen LogP contribution in [-0.4, -0.2) is 29.7 Å². The lowest BCUT2D eigenvalue weighted by atomic mass is 9.69. The SMILES string of the molecule is CCOC(=O)[C@]1(C#N)Cc2c(c3ccccc3n(C)c2=O)N2CCCC[C@H]21. The molecule has 0 aliphatic carbocycles. The summed E-state index contributed by atoms with van der Waals surface area (Å²) in [5, 5.41) is 11.1. The smallest absolute Gasteiger partial charge is 0.328 e. The van der Waals surface area contributed by atoms with Gasteiger partial charge in [-0.15, -0.1) is 0 Å². The number of rotatable bonds is 2. The minimum atomic E-state index is -1.34. The molecular formula is C21H23N3O3. The zero-order valence-corrected chi connectivity index (χ0v) is 15.7. The molecule has 2 atom stereocenters. The highest BCUT2D eigenvalue weighted by Gasteiger charge is 2.55. The fourth-order valence-electron chi connectivity index (χ4n) is 4.77. The molecule has 6 heteroatoms. The highest BCUT2D eigenvalue weighted by atomic mass is 16.5. The molecule has 2 aliphatic heterocycles.